The van der Waals surface area contributed by atoms with Gasteiger partial charge in [-0.05, 0) is 25.1 Å². The van der Waals surface area contributed by atoms with Crippen LogP contribution in [0.4, 0.5) is 0 Å². The maximum absolute atomic E-state index is 11.8. The fraction of sp³-hybridized carbons (Fsp3) is 0.429. The van der Waals surface area contributed by atoms with Gasteiger partial charge in [0, 0.05) is 19.7 Å². The second-order valence-corrected chi connectivity index (χ2v) is 4.42. The van der Waals surface area contributed by atoms with Gasteiger partial charge < -0.3 is 14.1 Å². The summed E-state index contributed by atoms with van der Waals surface area (Å²) in [5.41, 5.74) is 0. The van der Waals surface area contributed by atoms with Gasteiger partial charge in [-0.25, -0.2) is 0 Å². The predicted octanol–water partition coefficient (Wildman–Crippen LogP) is 1.87. The Labute approximate surface area is 112 Å². The summed E-state index contributed by atoms with van der Waals surface area (Å²) in [5.74, 6) is 0.549. The van der Waals surface area contributed by atoms with Crippen LogP contribution in [-0.2, 0) is 14.3 Å². The highest BCUT2D eigenvalue weighted by molar-refractivity contribution is 5.91. The number of ether oxygens (including phenoxy) is 1. The number of carbonyl (C=O) groups excluding carboxylic acids is 2. The van der Waals surface area contributed by atoms with Gasteiger partial charge in [-0.3, -0.25) is 9.59 Å². The highest BCUT2D eigenvalue weighted by Crippen LogP contribution is 2.08. The van der Waals surface area contributed by atoms with E-state index in [4.69, 9.17) is 4.42 Å². The topological polar surface area (TPSA) is 59.8 Å². The van der Waals surface area contributed by atoms with Crippen molar-refractivity contribution in [2.24, 2.45) is 5.92 Å². The van der Waals surface area contributed by atoms with E-state index in [9.17, 15) is 9.59 Å². The smallest absolute Gasteiger partial charge is 0.310 e. The largest absolute Gasteiger partial charge is 0.469 e. The average Bonchev–Trinajstić information content (AvgIpc) is 2.80. The van der Waals surface area contributed by atoms with Crippen LogP contribution in [0.2, 0.25) is 0 Å². The molecule has 1 aromatic rings. The fourth-order valence-electron chi connectivity index (χ4n) is 1.60. The number of esters is 1. The Morgan fingerprint density at radius 3 is 2.68 bits per heavy atom. The van der Waals surface area contributed by atoms with Crippen LogP contribution in [0.3, 0.4) is 0 Å². The number of hydrogen-bond acceptors (Lipinski definition) is 4. The molecule has 0 N–H and O–H groups in total. The zero-order valence-corrected chi connectivity index (χ0v) is 11.7. The summed E-state index contributed by atoms with van der Waals surface area (Å²) in [4.78, 5) is 24.5. The number of carbonyl (C=O) groups is 2. The summed E-state index contributed by atoms with van der Waals surface area (Å²) in [6.07, 6.45) is 3.02. The van der Waals surface area contributed by atoms with Gasteiger partial charge in [0.25, 0.3) is 0 Å². The van der Waals surface area contributed by atoms with Crippen molar-refractivity contribution >= 4 is 18.0 Å². The third-order valence-electron chi connectivity index (χ3n) is 2.68. The van der Waals surface area contributed by atoms with Crippen molar-refractivity contribution in [3.8, 4) is 0 Å². The van der Waals surface area contributed by atoms with Gasteiger partial charge in [0.05, 0.1) is 13.0 Å². The van der Waals surface area contributed by atoms with Crippen molar-refractivity contribution < 1.29 is 18.7 Å². The molecule has 0 radical (unpaired) electrons. The second-order valence-electron chi connectivity index (χ2n) is 4.42. The number of nitrogens with zero attached hydrogens (tertiary/aromatic N) is 1. The van der Waals surface area contributed by atoms with E-state index in [1.54, 1.807) is 26.1 Å². The van der Waals surface area contributed by atoms with E-state index < -0.39 is 0 Å². The van der Waals surface area contributed by atoms with Gasteiger partial charge >= 0.3 is 5.97 Å². The van der Waals surface area contributed by atoms with Crippen molar-refractivity contribution in [3.63, 3.8) is 0 Å². The van der Waals surface area contributed by atoms with Crippen LogP contribution in [0.25, 0.3) is 6.08 Å². The molecule has 1 amide bonds. The van der Waals surface area contributed by atoms with Gasteiger partial charge in [0.1, 0.15) is 11.5 Å². The summed E-state index contributed by atoms with van der Waals surface area (Å²) < 4.78 is 9.93. The summed E-state index contributed by atoms with van der Waals surface area (Å²) in [5, 5.41) is 0. The van der Waals surface area contributed by atoms with Gasteiger partial charge in [-0.1, -0.05) is 6.92 Å². The molecule has 1 unspecified atom stereocenters. The first-order valence-corrected chi connectivity index (χ1v) is 6.01. The molecule has 1 atom stereocenters. The summed E-state index contributed by atoms with van der Waals surface area (Å²) in [6, 6.07) is 3.61. The summed E-state index contributed by atoms with van der Waals surface area (Å²) in [6.45, 7) is 3.87. The molecule has 19 heavy (non-hydrogen) atoms. The van der Waals surface area contributed by atoms with Crippen LogP contribution >= 0.6 is 0 Å². The molecule has 104 valence electrons. The quantitative estimate of drug-likeness (QED) is 0.602. The Bertz CT molecular complexity index is 476. The molecule has 0 aliphatic rings. The molecule has 0 aliphatic carbocycles. The Balaban J connectivity index is 2.53. The molecule has 0 fully saturated rings. The Hall–Kier alpha value is -2.04. The summed E-state index contributed by atoms with van der Waals surface area (Å²) in [7, 11) is 2.97. The van der Waals surface area contributed by atoms with E-state index in [1.165, 1.54) is 18.1 Å². The van der Waals surface area contributed by atoms with E-state index in [0.29, 0.717) is 12.3 Å². The normalized spacial score (nSPS) is 12.4. The fourth-order valence-corrected chi connectivity index (χ4v) is 1.60. The molecule has 0 bridgehead atoms. The lowest BCUT2D eigenvalue weighted by Crippen LogP contribution is -2.33. The van der Waals surface area contributed by atoms with E-state index in [1.807, 2.05) is 13.0 Å². The van der Waals surface area contributed by atoms with Gasteiger partial charge in [-0.2, -0.15) is 0 Å². The first kappa shape index (κ1) is 15.0. The Kier molecular flexibility index (Phi) is 5.36. The van der Waals surface area contributed by atoms with Gasteiger partial charge in [0.2, 0.25) is 5.91 Å². The minimum Gasteiger partial charge on any atom is -0.469 e. The first-order valence-electron chi connectivity index (χ1n) is 6.01. The molecule has 0 saturated heterocycles. The average molecular weight is 265 g/mol. The molecule has 0 aliphatic heterocycles. The van der Waals surface area contributed by atoms with E-state index in [2.05, 4.69) is 4.74 Å². The molecule has 1 heterocycles. The second kappa shape index (κ2) is 6.78. The molecule has 1 aromatic heterocycles. The van der Waals surface area contributed by atoms with Crippen LogP contribution in [0.1, 0.15) is 18.4 Å². The minimum atomic E-state index is -0.349. The van der Waals surface area contributed by atoms with Crippen LogP contribution in [0.5, 0.6) is 0 Å². The van der Waals surface area contributed by atoms with Crippen molar-refractivity contribution in [2.75, 3.05) is 20.7 Å². The lowest BCUT2D eigenvalue weighted by molar-refractivity contribution is -0.145. The third-order valence-corrected chi connectivity index (χ3v) is 2.68. The van der Waals surface area contributed by atoms with Crippen molar-refractivity contribution in [2.45, 2.75) is 13.8 Å². The first-order chi connectivity index (χ1) is 8.93. The molecule has 5 nitrogen and oxygen atoms in total. The molecular formula is C14H19NO4. The van der Waals surface area contributed by atoms with Gasteiger partial charge in [-0.15, -0.1) is 0 Å². The van der Waals surface area contributed by atoms with Crippen LogP contribution < -0.4 is 0 Å². The lowest BCUT2D eigenvalue weighted by atomic mass is 10.2. The van der Waals surface area contributed by atoms with E-state index in [0.717, 1.165) is 5.76 Å². The highest BCUT2D eigenvalue weighted by Gasteiger charge is 2.17. The molecular weight excluding hydrogens is 246 g/mol. The molecule has 0 spiro atoms. The summed E-state index contributed by atoms with van der Waals surface area (Å²) >= 11 is 0. The molecule has 5 heteroatoms. The van der Waals surface area contributed by atoms with E-state index >= 15 is 0 Å². The van der Waals surface area contributed by atoms with Crippen LogP contribution in [0, 0.1) is 12.8 Å². The maximum Gasteiger partial charge on any atom is 0.310 e. The maximum atomic E-state index is 11.8. The number of methoxy groups -OCH3 is 1. The highest BCUT2D eigenvalue weighted by atomic mass is 16.5. The Morgan fingerprint density at radius 2 is 2.16 bits per heavy atom. The number of hydrogen-bond donors (Lipinski definition) is 0. The van der Waals surface area contributed by atoms with Crippen molar-refractivity contribution in [1.82, 2.24) is 4.90 Å². The SMILES string of the molecule is COC(=O)C(C)CN(C)C(=O)/C=C/c1ccc(C)o1. The molecule has 0 saturated carbocycles. The zero-order valence-electron chi connectivity index (χ0n) is 11.7. The number of aryl methyl sites for hydroxylation is 1. The third kappa shape index (κ3) is 4.62. The molecule has 0 aromatic carbocycles. The monoisotopic (exact) mass is 265 g/mol. The van der Waals surface area contributed by atoms with Crippen molar-refractivity contribution in [3.05, 3.63) is 29.7 Å². The van der Waals surface area contributed by atoms with E-state index in [-0.39, 0.29) is 17.8 Å². The zero-order chi connectivity index (χ0) is 14.4. The number of amides is 1. The van der Waals surface area contributed by atoms with Crippen LogP contribution in [-0.4, -0.2) is 37.5 Å². The lowest BCUT2D eigenvalue weighted by Gasteiger charge is -2.18. The Morgan fingerprint density at radius 1 is 1.47 bits per heavy atom. The van der Waals surface area contributed by atoms with Crippen molar-refractivity contribution in [1.29, 1.82) is 0 Å². The minimum absolute atomic E-state index is 0.190. The number of rotatable bonds is 5. The van der Waals surface area contributed by atoms with Gasteiger partial charge in [0.15, 0.2) is 0 Å². The number of likely N-dealkylation sites (N-methyl/N-ethyl adjacent to an activating group) is 1. The predicted molar refractivity (Wildman–Crippen MR) is 71.3 cm³/mol. The molecule has 1 rings (SSSR count). The number of furan rings is 1. The standard InChI is InChI=1S/C14H19NO4/c1-10(14(17)18-4)9-15(3)13(16)8-7-12-6-5-11(2)19-12/h5-8,10H,9H2,1-4H3/b8-7+. The van der Waals surface area contributed by atoms with Crippen LogP contribution in [0.15, 0.2) is 22.6 Å².